The molecule has 0 saturated carbocycles. The second kappa shape index (κ2) is 16.2. The van der Waals surface area contributed by atoms with Crippen molar-refractivity contribution in [2.24, 2.45) is 11.5 Å². The van der Waals surface area contributed by atoms with Crippen molar-refractivity contribution in [3.63, 3.8) is 0 Å². The van der Waals surface area contributed by atoms with Crippen LogP contribution in [-0.2, 0) is 30.4 Å². The van der Waals surface area contributed by atoms with E-state index >= 15 is 0 Å². The summed E-state index contributed by atoms with van der Waals surface area (Å²) in [4.78, 5) is 60.9. The monoisotopic (exact) mass is 523 g/mol. The summed E-state index contributed by atoms with van der Waals surface area (Å²) in [6.07, 6.45) is -0.876. The molecule has 0 fully saturated rings. The van der Waals surface area contributed by atoms with Gasteiger partial charge >= 0.3 is 11.9 Å². The van der Waals surface area contributed by atoms with Gasteiger partial charge in [-0.15, -0.1) is 0 Å². The highest BCUT2D eigenvalue weighted by atomic mass is 16.4. The number of amides is 3. The third-order valence-electron chi connectivity index (χ3n) is 5.54. The predicted octanol–water partition coefficient (Wildman–Crippen LogP) is -1.53. The molecular weight excluding hydrogens is 486 g/mol. The van der Waals surface area contributed by atoms with Crippen LogP contribution in [0.5, 0.6) is 0 Å². The molecule has 1 rings (SSSR count). The maximum Gasteiger partial charge on any atom is 0.328 e. The van der Waals surface area contributed by atoms with E-state index in [1.54, 1.807) is 12.1 Å². The summed E-state index contributed by atoms with van der Waals surface area (Å²) in [5.74, 6) is -5.10. The number of benzene rings is 1. The minimum Gasteiger partial charge on any atom is -0.481 e. The van der Waals surface area contributed by atoms with Gasteiger partial charge in [0.1, 0.15) is 12.1 Å². The van der Waals surface area contributed by atoms with E-state index in [2.05, 4.69) is 16.0 Å². The van der Waals surface area contributed by atoms with E-state index in [4.69, 9.17) is 16.6 Å². The van der Waals surface area contributed by atoms with Crippen LogP contribution < -0.4 is 27.4 Å². The van der Waals surface area contributed by atoms with E-state index < -0.39 is 66.4 Å². The number of carboxylic acids is 2. The van der Waals surface area contributed by atoms with Crippen LogP contribution in [0.3, 0.4) is 0 Å². The molecule has 0 heterocycles. The molecule has 0 bridgehead atoms. The lowest BCUT2D eigenvalue weighted by Gasteiger charge is -2.25. The number of hydrogen-bond acceptors (Lipinski definition) is 8. The van der Waals surface area contributed by atoms with Gasteiger partial charge in [-0.3, -0.25) is 19.2 Å². The van der Waals surface area contributed by atoms with Gasteiger partial charge in [0.15, 0.2) is 6.04 Å². The number of carbonyl (C=O) groups excluding carboxylic acids is 3. The normalized spacial score (nSPS) is 14.9. The molecule has 13 nitrogen and oxygen atoms in total. The topological polar surface area (TPSA) is 234 Å². The summed E-state index contributed by atoms with van der Waals surface area (Å²) in [5.41, 5.74) is 12.4. The van der Waals surface area contributed by atoms with Crippen LogP contribution >= 0.6 is 0 Å². The predicted molar refractivity (Wildman–Crippen MR) is 133 cm³/mol. The standard InChI is InChI=1S/C24H37N5O8/c1-14(30)20(24(36)37)29-23(35)18(10-11-19(31)32)28-22(34)17(9-5-6-12-25)27-21(33)16(26)13-15-7-3-2-4-8-15/h2-4,7-8,14,16-18,20,30H,5-6,9-13,25-26H2,1H3,(H,27,33)(H,28,34)(H,29,35)(H,31,32)(H,36,37). The van der Waals surface area contributed by atoms with Crippen molar-refractivity contribution in [2.75, 3.05) is 6.54 Å². The number of hydrogen-bond donors (Lipinski definition) is 8. The minimum absolute atomic E-state index is 0.172. The Labute approximate surface area is 215 Å². The molecule has 0 radical (unpaired) electrons. The smallest absolute Gasteiger partial charge is 0.328 e. The Kier molecular flexibility index (Phi) is 13.8. The number of aliphatic hydroxyl groups excluding tert-OH is 1. The van der Waals surface area contributed by atoms with Gasteiger partial charge in [-0.1, -0.05) is 30.3 Å². The number of unbranched alkanes of at least 4 members (excludes halogenated alkanes) is 1. The zero-order valence-corrected chi connectivity index (χ0v) is 20.8. The average Bonchev–Trinajstić information content (AvgIpc) is 2.84. The molecule has 0 aliphatic heterocycles. The molecule has 0 aliphatic carbocycles. The van der Waals surface area contributed by atoms with Crippen LogP contribution in [0.25, 0.3) is 0 Å². The Balaban J connectivity index is 2.99. The van der Waals surface area contributed by atoms with Gasteiger partial charge in [0.25, 0.3) is 0 Å². The number of rotatable bonds is 17. The molecule has 0 spiro atoms. The fraction of sp³-hybridized carbons (Fsp3) is 0.542. The quantitative estimate of drug-likeness (QED) is 0.110. The Morgan fingerprint density at radius 2 is 1.43 bits per heavy atom. The first-order chi connectivity index (χ1) is 17.5. The Bertz CT molecular complexity index is 912. The molecule has 1 aromatic carbocycles. The largest absolute Gasteiger partial charge is 0.481 e. The van der Waals surface area contributed by atoms with E-state index in [-0.39, 0.29) is 19.3 Å². The molecular formula is C24H37N5O8. The Morgan fingerprint density at radius 3 is 1.97 bits per heavy atom. The Hall–Kier alpha value is -3.55. The van der Waals surface area contributed by atoms with Crippen LogP contribution in [0, 0.1) is 0 Å². The zero-order valence-electron chi connectivity index (χ0n) is 20.8. The van der Waals surface area contributed by atoms with Gasteiger partial charge < -0.3 is 42.7 Å². The lowest BCUT2D eigenvalue weighted by Crippen LogP contribution is -2.58. The number of carbonyl (C=O) groups is 5. The van der Waals surface area contributed by atoms with Crippen molar-refractivity contribution in [3.05, 3.63) is 35.9 Å². The van der Waals surface area contributed by atoms with Gasteiger partial charge in [0.2, 0.25) is 17.7 Å². The van der Waals surface area contributed by atoms with Crippen molar-refractivity contribution in [1.29, 1.82) is 0 Å². The Morgan fingerprint density at radius 1 is 0.865 bits per heavy atom. The molecule has 0 saturated heterocycles. The molecule has 13 heteroatoms. The summed E-state index contributed by atoms with van der Waals surface area (Å²) >= 11 is 0. The van der Waals surface area contributed by atoms with E-state index in [1.165, 1.54) is 0 Å². The number of carboxylic acid groups (broad SMARTS) is 2. The van der Waals surface area contributed by atoms with Crippen LogP contribution in [0.4, 0.5) is 0 Å². The summed E-state index contributed by atoms with van der Waals surface area (Å²) in [7, 11) is 0. The first-order valence-electron chi connectivity index (χ1n) is 12.0. The number of nitrogens with one attached hydrogen (secondary N) is 3. The van der Waals surface area contributed by atoms with Crippen molar-refractivity contribution in [3.8, 4) is 0 Å². The summed E-state index contributed by atoms with van der Waals surface area (Å²) in [6, 6.07) is 3.88. The van der Waals surface area contributed by atoms with Gasteiger partial charge in [0.05, 0.1) is 12.1 Å². The number of aliphatic carboxylic acids is 2. The van der Waals surface area contributed by atoms with Crippen molar-refractivity contribution >= 4 is 29.7 Å². The van der Waals surface area contributed by atoms with E-state index in [0.29, 0.717) is 19.4 Å². The maximum absolute atomic E-state index is 13.1. The second-order valence-corrected chi connectivity index (χ2v) is 8.70. The van der Waals surface area contributed by atoms with Gasteiger partial charge in [-0.2, -0.15) is 0 Å². The molecule has 5 atom stereocenters. The summed E-state index contributed by atoms with van der Waals surface area (Å²) < 4.78 is 0. The highest BCUT2D eigenvalue weighted by Crippen LogP contribution is 2.07. The van der Waals surface area contributed by atoms with Gasteiger partial charge in [-0.25, -0.2) is 4.79 Å². The third-order valence-corrected chi connectivity index (χ3v) is 5.54. The van der Waals surface area contributed by atoms with Gasteiger partial charge in [0, 0.05) is 6.42 Å². The summed E-state index contributed by atoms with van der Waals surface area (Å²) in [6.45, 7) is 1.51. The van der Waals surface area contributed by atoms with Crippen molar-refractivity contribution < 1.29 is 39.3 Å². The molecule has 206 valence electrons. The molecule has 10 N–H and O–H groups in total. The van der Waals surface area contributed by atoms with E-state index in [1.807, 2.05) is 18.2 Å². The molecule has 0 aliphatic rings. The van der Waals surface area contributed by atoms with E-state index in [9.17, 15) is 34.2 Å². The van der Waals surface area contributed by atoms with Crippen LogP contribution in [0.1, 0.15) is 44.6 Å². The van der Waals surface area contributed by atoms with Crippen molar-refractivity contribution in [1.82, 2.24) is 16.0 Å². The zero-order chi connectivity index (χ0) is 28.0. The van der Waals surface area contributed by atoms with Gasteiger partial charge in [-0.05, 0) is 51.1 Å². The molecule has 0 aromatic heterocycles. The highest BCUT2D eigenvalue weighted by Gasteiger charge is 2.32. The lowest BCUT2D eigenvalue weighted by molar-refractivity contribution is -0.145. The number of aliphatic hydroxyl groups is 1. The SMILES string of the molecule is CC(O)C(NC(=O)C(CCC(=O)O)NC(=O)C(CCCCN)NC(=O)C(N)Cc1ccccc1)C(=O)O. The molecule has 37 heavy (non-hydrogen) atoms. The lowest BCUT2D eigenvalue weighted by atomic mass is 10.0. The second-order valence-electron chi connectivity index (χ2n) is 8.70. The first kappa shape index (κ1) is 31.5. The number of nitrogens with two attached hydrogens (primary N) is 2. The van der Waals surface area contributed by atoms with Crippen molar-refractivity contribution in [2.45, 2.75) is 75.7 Å². The van der Waals surface area contributed by atoms with Crippen LogP contribution in [0.15, 0.2) is 30.3 Å². The fourth-order valence-corrected chi connectivity index (χ4v) is 3.45. The average molecular weight is 524 g/mol. The molecule has 1 aromatic rings. The van der Waals surface area contributed by atoms with Crippen LogP contribution in [-0.4, -0.2) is 81.8 Å². The third kappa shape index (κ3) is 11.8. The molecule has 3 amide bonds. The summed E-state index contributed by atoms with van der Waals surface area (Å²) in [5, 5.41) is 35.0. The minimum atomic E-state index is -1.67. The first-order valence-corrected chi connectivity index (χ1v) is 12.0. The van der Waals surface area contributed by atoms with Crippen LogP contribution in [0.2, 0.25) is 0 Å². The van der Waals surface area contributed by atoms with E-state index in [0.717, 1.165) is 12.5 Å². The highest BCUT2D eigenvalue weighted by molar-refractivity contribution is 5.94. The maximum atomic E-state index is 13.1. The molecule has 5 unspecified atom stereocenters. The fourth-order valence-electron chi connectivity index (χ4n) is 3.45.